The molecule has 0 aromatic heterocycles. The first-order chi connectivity index (χ1) is 10.6. The molecule has 6 heteroatoms. The Morgan fingerprint density at radius 2 is 1.45 bits per heavy atom. The Morgan fingerprint density at radius 3 is 1.95 bits per heavy atom. The van der Waals surface area contributed by atoms with Gasteiger partial charge in [0.1, 0.15) is 5.82 Å². The second-order valence-corrected chi connectivity index (χ2v) is 4.54. The Balaban J connectivity index is 1.91. The summed E-state index contributed by atoms with van der Waals surface area (Å²) in [5.74, 6) is -0.693. The van der Waals surface area contributed by atoms with Crippen LogP contribution in [-0.2, 0) is 16.0 Å². The number of urea groups is 1. The first kappa shape index (κ1) is 15.5. The molecular formula is C16H15FN2O3. The van der Waals surface area contributed by atoms with E-state index in [0.29, 0.717) is 11.4 Å². The molecule has 0 bridgehead atoms. The van der Waals surface area contributed by atoms with Crippen molar-refractivity contribution < 1.29 is 18.7 Å². The molecule has 0 fully saturated rings. The van der Waals surface area contributed by atoms with Gasteiger partial charge in [-0.15, -0.1) is 0 Å². The monoisotopic (exact) mass is 302 g/mol. The maximum Gasteiger partial charge on any atom is 0.323 e. The molecule has 0 aliphatic rings. The summed E-state index contributed by atoms with van der Waals surface area (Å²) in [5, 5.41) is 5.22. The summed E-state index contributed by atoms with van der Waals surface area (Å²) in [5.41, 5.74) is 1.85. The van der Waals surface area contributed by atoms with Crippen LogP contribution in [0.5, 0.6) is 0 Å². The van der Waals surface area contributed by atoms with Crippen LogP contribution in [0.2, 0.25) is 0 Å². The number of hydrogen-bond acceptors (Lipinski definition) is 3. The molecule has 2 aromatic carbocycles. The van der Waals surface area contributed by atoms with Crippen LogP contribution < -0.4 is 10.6 Å². The number of hydrogen-bond donors (Lipinski definition) is 2. The highest BCUT2D eigenvalue weighted by atomic mass is 19.1. The first-order valence-corrected chi connectivity index (χ1v) is 6.56. The van der Waals surface area contributed by atoms with Crippen LogP contribution in [0, 0.1) is 5.82 Å². The van der Waals surface area contributed by atoms with Crippen molar-refractivity contribution in [3.63, 3.8) is 0 Å². The van der Waals surface area contributed by atoms with Crippen LogP contribution >= 0.6 is 0 Å². The quantitative estimate of drug-likeness (QED) is 0.852. The molecule has 22 heavy (non-hydrogen) atoms. The van der Waals surface area contributed by atoms with Crippen LogP contribution in [0.3, 0.4) is 0 Å². The van der Waals surface area contributed by atoms with Gasteiger partial charge in [-0.1, -0.05) is 12.1 Å². The van der Waals surface area contributed by atoms with Gasteiger partial charge in [0.25, 0.3) is 0 Å². The molecule has 0 atom stereocenters. The zero-order valence-corrected chi connectivity index (χ0v) is 11.9. The first-order valence-electron chi connectivity index (χ1n) is 6.56. The molecule has 0 heterocycles. The lowest BCUT2D eigenvalue weighted by Crippen LogP contribution is -2.19. The third kappa shape index (κ3) is 4.59. The second-order valence-electron chi connectivity index (χ2n) is 4.54. The zero-order valence-electron chi connectivity index (χ0n) is 11.9. The van der Waals surface area contributed by atoms with Gasteiger partial charge in [-0.3, -0.25) is 4.79 Å². The molecule has 0 unspecified atom stereocenters. The molecule has 2 amide bonds. The van der Waals surface area contributed by atoms with E-state index in [2.05, 4.69) is 15.4 Å². The summed E-state index contributed by atoms with van der Waals surface area (Å²) >= 11 is 0. The van der Waals surface area contributed by atoms with Gasteiger partial charge in [-0.05, 0) is 42.0 Å². The van der Waals surface area contributed by atoms with Gasteiger partial charge in [-0.2, -0.15) is 0 Å². The maximum atomic E-state index is 12.8. The molecule has 2 aromatic rings. The predicted octanol–water partition coefficient (Wildman–Crippen LogP) is 3.19. The summed E-state index contributed by atoms with van der Waals surface area (Å²) < 4.78 is 17.3. The molecule has 0 aliphatic heterocycles. The fourth-order valence-corrected chi connectivity index (χ4v) is 1.77. The summed E-state index contributed by atoms with van der Waals surface area (Å²) in [7, 11) is 1.33. The summed E-state index contributed by atoms with van der Waals surface area (Å²) in [6.45, 7) is 0. The number of esters is 1. The average molecular weight is 302 g/mol. The van der Waals surface area contributed by atoms with Crippen molar-refractivity contribution >= 4 is 23.4 Å². The van der Waals surface area contributed by atoms with Crippen molar-refractivity contribution in [2.24, 2.45) is 0 Å². The fourth-order valence-electron chi connectivity index (χ4n) is 1.77. The second kappa shape index (κ2) is 7.21. The van der Waals surface area contributed by atoms with Crippen molar-refractivity contribution in [3.8, 4) is 0 Å². The van der Waals surface area contributed by atoms with E-state index >= 15 is 0 Å². The summed E-state index contributed by atoms with van der Waals surface area (Å²) in [6.07, 6.45) is 0.179. The standard InChI is InChI=1S/C16H15FN2O3/c1-22-15(20)10-11-2-6-13(7-3-11)18-16(21)19-14-8-4-12(17)5-9-14/h2-9H,10H2,1H3,(H2,18,19,21). The molecule has 0 radical (unpaired) electrons. The number of nitrogens with one attached hydrogen (secondary N) is 2. The van der Waals surface area contributed by atoms with Crippen molar-refractivity contribution in [1.82, 2.24) is 0 Å². The van der Waals surface area contributed by atoms with E-state index in [9.17, 15) is 14.0 Å². The van der Waals surface area contributed by atoms with Gasteiger partial charge in [0, 0.05) is 11.4 Å². The Bertz CT molecular complexity index is 654. The third-order valence-electron chi connectivity index (χ3n) is 2.89. The number of rotatable bonds is 4. The van der Waals surface area contributed by atoms with Crippen LogP contribution in [0.15, 0.2) is 48.5 Å². The highest BCUT2D eigenvalue weighted by Crippen LogP contribution is 2.12. The Morgan fingerprint density at radius 1 is 0.955 bits per heavy atom. The molecular weight excluding hydrogens is 287 g/mol. The lowest BCUT2D eigenvalue weighted by atomic mass is 10.1. The van der Waals surface area contributed by atoms with Gasteiger partial charge in [0.05, 0.1) is 13.5 Å². The number of benzene rings is 2. The molecule has 0 saturated carbocycles. The van der Waals surface area contributed by atoms with E-state index in [1.807, 2.05) is 0 Å². The number of halogens is 1. The van der Waals surface area contributed by atoms with Gasteiger partial charge < -0.3 is 15.4 Å². The highest BCUT2D eigenvalue weighted by molar-refractivity contribution is 5.99. The molecule has 0 aliphatic carbocycles. The minimum absolute atomic E-state index is 0.179. The van der Waals surface area contributed by atoms with E-state index in [0.717, 1.165) is 5.56 Å². The predicted molar refractivity (Wildman–Crippen MR) is 81.2 cm³/mol. The van der Waals surface area contributed by atoms with Crippen LogP contribution in [0.1, 0.15) is 5.56 Å². The summed E-state index contributed by atoms with van der Waals surface area (Å²) in [4.78, 5) is 22.9. The van der Waals surface area contributed by atoms with E-state index < -0.39 is 6.03 Å². The smallest absolute Gasteiger partial charge is 0.323 e. The summed E-state index contributed by atoms with van der Waals surface area (Å²) in [6, 6.07) is 11.8. The van der Waals surface area contributed by atoms with Crippen molar-refractivity contribution in [1.29, 1.82) is 0 Å². The number of ether oxygens (including phenoxy) is 1. The van der Waals surface area contributed by atoms with E-state index in [1.54, 1.807) is 24.3 Å². The number of amides is 2. The molecule has 2 rings (SSSR count). The maximum absolute atomic E-state index is 12.8. The van der Waals surface area contributed by atoms with Gasteiger partial charge >= 0.3 is 12.0 Å². The van der Waals surface area contributed by atoms with Gasteiger partial charge in [0.15, 0.2) is 0 Å². The number of methoxy groups -OCH3 is 1. The van der Waals surface area contributed by atoms with E-state index in [4.69, 9.17) is 0 Å². The van der Waals surface area contributed by atoms with Gasteiger partial charge in [-0.25, -0.2) is 9.18 Å². The van der Waals surface area contributed by atoms with Crippen molar-refractivity contribution in [3.05, 3.63) is 59.9 Å². The minimum Gasteiger partial charge on any atom is -0.469 e. The Kier molecular flexibility index (Phi) is 5.08. The Hall–Kier alpha value is -2.89. The number of anilines is 2. The molecule has 5 nitrogen and oxygen atoms in total. The molecule has 2 N–H and O–H groups in total. The van der Waals surface area contributed by atoms with Crippen molar-refractivity contribution in [2.75, 3.05) is 17.7 Å². The Labute approximate surface area is 127 Å². The van der Waals surface area contributed by atoms with E-state index in [1.165, 1.54) is 31.4 Å². The SMILES string of the molecule is COC(=O)Cc1ccc(NC(=O)Nc2ccc(F)cc2)cc1. The molecule has 0 saturated heterocycles. The normalized spacial score (nSPS) is 9.91. The molecule has 0 spiro atoms. The lowest BCUT2D eigenvalue weighted by molar-refractivity contribution is -0.139. The topological polar surface area (TPSA) is 67.4 Å². The van der Waals surface area contributed by atoms with Crippen LogP contribution in [-0.4, -0.2) is 19.1 Å². The van der Waals surface area contributed by atoms with E-state index in [-0.39, 0.29) is 18.2 Å². The minimum atomic E-state index is -0.438. The van der Waals surface area contributed by atoms with Crippen molar-refractivity contribution in [2.45, 2.75) is 6.42 Å². The lowest BCUT2D eigenvalue weighted by Gasteiger charge is -2.08. The zero-order chi connectivity index (χ0) is 15.9. The third-order valence-corrected chi connectivity index (χ3v) is 2.89. The fraction of sp³-hybridized carbons (Fsp3) is 0.125. The number of carbonyl (C=O) groups is 2. The largest absolute Gasteiger partial charge is 0.469 e. The van der Waals surface area contributed by atoms with Gasteiger partial charge in [0.2, 0.25) is 0 Å². The molecule has 114 valence electrons. The van der Waals surface area contributed by atoms with Crippen LogP contribution in [0.25, 0.3) is 0 Å². The number of carbonyl (C=O) groups excluding carboxylic acids is 2. The average Bonchev–Trinajstić information content (AvgIpc) is 2.51. The highest BCUT2D eigenvalue weighted by Gasteiger charge is 2.05. The van der Waals surface area contributed by atoms with Crippen LogP contribution in [0.4, 0.5) is 20.6 Å².